The lowest BCUT2D eigenvalue weighted by Gasteiger charge is -2.25. The summed E-state index contributed by atoms with van der Waals surface area (Å²) >= 11 is 0. The average molecular weight is 169 g/mol. The van der Waals surface area contributed by atoms with Gasteiger partial charge < -0.3 is 15.4 Å². The molecule has 0 aliphatic heterocycles. The first-order valence-corrected chi connectivity index (χ1v) is 3.97. The van der Waals surface area contributed by atoms with E-state index < -0.39 is 0 Å². The second-order valence-electron chi connectivity index (χ2n) is 3.22. The van der Waals surface area contributed by atoms with Crippen molar-refractivity contribution >= 4 is 0 Å². The first kappa shape index (κ1) is 9.22. The van der Waals surface area contributed by atoms with Gasteiger partial charge in [-0.3, -0.25) is 0 Å². The Bertz CT molecular complexity index is 216. The van der Waals surface area contributed by atoms with Gasteiger partial charge in [0.25, 0.3) is 0 Å². The van der Waals surface area contributed by atoms with Crippen LogP contribution in [0.2, 0.25) is 0 Å². The normalized spacial score (nSPS) is 15.9. The SMILES string of the molecule is CN[C@@](C)(CO)Cc1cnc[nH]1. The summed E-state index contributed by atoms with van der Waals surface area (Å²) in [6.07, 6.45) is 4.16. The summed E-state index contributed by atoms with van der Waals surface area (Å²) in [6, 6.07) is 0. The maximum absolute atomic E-state index is 9.09. The minimum Gasteiger partial charge on any atom is -0.394 e. The fourth-order valence-corrected chi connectivity index (χ4v) is 1.03. The van der Waals surface area contributed by atoms with Crippen LogP contribution >= 0.6 is 0 Å². The Morgan fingerprint density at radius 2 is 2.50 bits per heavy atom. The molecule has 0 aromatic carbocycles. The molecule has 4 heteroatoms. The second kappa shape index (κ2) is 3.69. The van der Waals surface area contributed by atoms with Crippen molar-refractivity contribution in [1.82, 2.24) is 15.3 Å². The largest absolute Gasteiger partial charge is 0.394 e. The number of aliphatic hydroxyl groups is 1. The maximum Gasteiger partial charge on any atom is 0.0921 e. The Morgan fingerprint density at radius 3 is 2.92 bits per heavy atom. The van der Waals surface area contributed by atoms with E-state index in [1.807, 2.05) is 14.0 Å². The quantitative estimate of drug-likeness (QED) is 0.591. The van der Waals surface area contributed by atoms with Crippen molar-refractivity contribution in [3.8, 4) is 0 Å². The third-order valence-corrected chi connectivity index (χ3v) is 2.09. The Hall–Kier alpha value is -0.870. The molecular weight excluding hydrogens is 154 g/mol. The number of aromatic amines is 1. The van der Waals surface area contributed by atoms with Crippen molar-refractivity contribution in [3.63, 3.8) is 0 Å². The zero-order valence-electron chi connectivity index (χ0n) is 7.46. The summed E-state index contributed by atoms with van der Waals surface area (Å²) in [5.74, 6) is 0. The van der Waals surface area contributed by atoms with Crippen molar-refractivity contribution in [2.24, 2.45) is 0 Å². The predicted molar refractivity (Wildman–Crippen MR) is 46.8 cm³/mol. The monoisotopic (exact) mass is 169 g/mol. The van der Waals surface area contributed by atoms with E-state index in [0.29, 0.717) is 0 Å². The van der Waals surface area contributed by atoms with Crippen molar-refractivity contribution < 1.29 is 5.11 Å². The van der Waals surface area contributed by atoms with Crippen LogP contribution in [0.15, 0.2) is 12.5 Å². The third kappa shape index (κ3) is 2.06. The number of aromatic nitrogens is 2. The third-order valence-electron chi connectivity index (χ3n) is 2.09. The first-order valence-electron chi connectivity index (χ1n) is 3.97. The topological polar surface area (TPSA) is 60.9 Å². The lowest BCUT2D eigenvalue weighted by atomic mass is 9.98. The smallest absolute Gasteiger partial charge is 0.0921 e. The van der Waals surface area contributed by atoms with E-state index in [4.69, 9.17) is 5.11 Å². The Kier molecular flexibility index (Phi) is 2.83. The molecule has 0 radical (unpaired) electrons. The van der Waals surface area contributed by atoms with E-state index in [2.05, 4.69) is 15.3 Å². The highest BCUT2D eigenvalue weighted by Crippen LogP contribution is 2.08. The van der Waals surface area contributed by atoms with E-state index >= 15 is 0 Å². The van der Waals surface area contributed by atoms with Crippen LogP contribution in [0.1, 0.15) is 12.6 Å². The molecule has 1 atom stereocenters. The Balaban J connectivity index is 2.60. The van der Waals surface area contributed by atoms with E-state index in [-0.39, 0.29) is 12.1 Å². The molecule has 0 aliphatic carbocycles. The molecule has 0 fully saturated rings. The number of hydrogen-bond acceptors (Lipinski definition) is 3. The van der Waals surface area contributed by atoms with Gasteiger partial charge >= 0.3 is 0 Å². The molecule has 0 saturated heterocycles. The van der Waals surface area contributed by atoms with Gasteiger partial charge in [0.1, 0.15) is 0 Å². The minimum atomic E-state index is -0.257. The van der Waals surface area contributed by atoms with Crippen LogP contribution in [-0.2, 0) is 6.42 Å². The second-order valence-corrected chi connectivity index (χ2v) is 3.22. The van der Waals surface area contributed by atoms with Gasteiger partial charge in [-0.2, -0.15) is 0 Å². The van der Waals surface area contributed by atoms with Crippen LogP contribution in [0.4, 0.5) is 0 Å². The first-order chi connectivity index (χ1) is 5.70. The fourth-order valence-electron chi connectivity index (χ4n) is 1.03. The van der Waals surface area contributed by atoms with Gasteiger partial charge in [-0.1, -0.05) is 0 Å². The van der Waals surface area contributed by atoms with Crippen molar-refractivity contribution in [2.45, 2.75) is 18.9 Å². The number of likely N-dealkylation sites (N-methyl/N-ethyl adjacent to an activating group) is 1. The molecule has 1 aromatic rings. The molecule has 0 amide bonds. The van der Waals surface area contributed by atoms with Crippen LogP contribution in [-0.4, -0.2) is 34.3 Å². The molecule has 4 nitrogen and oxygen atoms in total. The summed E-state index contributed by atoms with van der Waals surface area (Å²) in [5.41, 5.74) is 0.771. The summed E-state index contributed by atoms with van der Waals surface area (Å²) in [6.45, 7) is 2.08. The van der Waals surface area contributed by atoms with Crippen LogP contribution in [0.25, 0.3) is 0 Å². The molecule has 68 valence electrons. The summed E-state index contributed by atoms with van der Waals surface area (Å²) in [5, 5.41) is 12.2. The predicted octanol–water partition coefficient (Wildman–Crippen LogP) is -0.0774. The van der Waals surface area contributed by atoms with Gasteiger partial charge in [-0.15, -0.1) is 0 Å². The van der Waals surface area contributed by atoms with Gasteiger partial charge in [-0.05, 0) is 14.0 Å². The van der Waals surface area contributed by atoms with E-state index in [1.54, 1.807) is 12.5 Å². The summed E-state index contributed by atoms with van der Waals surface area (Å²) < 4.78 is 0. The highest BCUT2D eigenvalue weighted by Gasteiger charge is 2.21. The lowest BCUT2D eigenvalue weighted by molar-refractivity contribution is 0.181. The van der Waals surface area contributed by atoms with Gasteiger partial charge in [-0.25, -0.2) is 4.98 Å². The van der Waals surface area contributed by atoms with Crippen LogP contribution in [0.3, 0.4) is 0 Å². The molecular formula is C8H15N3O. The van der Waals surface area contributed by atoms with Gasteiger partial charge in [0, 0.05) is 23.9 Å². The zero-order chi connectivity index (χ0) is 9.03. The lowest BCUT2D eigenvalue weighted by Crippen LogP contribution is -2.45. The van der Waals surface area contributed by atoms with Crippen LogP contribution < -0.4 is 5.32 Å². The molecule has 0 bridgehead atoms. The molecule has 0 aliphatic rings. The number of hydrogen-bond donors (Lipinski definition) is 3. The standard InChI is InChI=1S/C8H15N3O/c1-8(5-12,9-2)3-7-4-10-6-11-7/h4,6,9,12H,3,5H2,1-2H3,(H,10,11)/t8-/m1/s1. The number of H-pyrrole nitrogens is 1. The van der Waals surface area contributed by atoms with E-state index in [9.17, 15) is 0 Å². The average Bonchev–Trinajstić information content (AvgIpc) is 2.57. The highest BCUT2D eigenvalue weighted by molar-refractivity contribution is 5.02. The van der Waals surface area contributed by atoms with Crippen molar-refractivity contribution in [1.29, 1.82) is 0 Å². The van der Waals surface area contributed by atoms with E-state index in [0.717, 1.165) is 12.1 Å². The van der Waals surface area contributed by atoms with Crippen LogP contribution in [0.5, 0.6) is 0 Å². The van der Waals surface area contributed by atoms with Crippen molar-refractivity contribution in [2.75, 3.05) is 13.7 Å². The number of nitrogens with zero attached hydrogens (tertiary/aromatic N) is 1. The highest BCUT2D eigenvalue weighted by atomic mass is 16.3. The molecule has 12 heavy (non-hydrogen) atoms. The van der Waals surface area contributed by atoms with Gasteiger partial charge in [0.2, 0.25) is 0 Å². The van der Waals surface area contributed by atoms with E-state index in [1.165, 1.54) is 0 Å². The number of imidazole rings is 1. The van der Waals surface area contributed by atoms with Gasteiger partial charge in [0.15, 0.2) is 0 Å². The zero-order valence-corrected chi connectivity index (χ0v) is 7.46. The Labute approximate surface area is 72.0 Å². The Morgan fingerprint density at radius 1 is 1.75 bits per heavy atom. The molecule has 1 rings (SSSR count). The molecule has 0 saturated carbocycles. The minimum absolute atomic E-state index is 0.114. The summed E-state index contributed by atoms with van der Waals surface area (Å²) in [7, 11) is 1.84. The number of nitrogens with one attached hydrogen (secondary N) is 2. The van der Waals surface area contributed by atoms with Crippen molar-refractivity contribution in [3.05, 3.63) is 18.2 Å². The molecule has 1 heterocycles. The molecule has 3 N–H and O–H groups in total. The van der Waals surface area contributed by atoms with Crippen LogP contribution in [0, 0.1) is 0 Å². The van der Waals surface area contributed by atoms with Gasteiger partial charge in [0.05, 0.1) is 12.9 Å². The molecule has 0 spiro atoms. The fraction of sp³-hybridized carbons (Fsp3) is 0.625. The number of aliphatic hydroxyl groups excluding tert-OH is 1. The maximum atomic E-state index is 9.09. The summed E-state index contributed by atoms with van der Waals surface area (Å²) in [4.78, 5) is 6.91. The molecule has 1 aromatic heterocycles. The molecule has 0 unspecified atom stereocenters. The number of rotatable bonds is 4.